The van der Waals surface area contributed by atoms with Crippen LogP contribution in [0.25, 0.3) is 0 Å². The second-order valence-corrected chi connectivity index (χ2v) is 5.48. The zero-order chi connectivity index (χ0) is 11.3. The van der Waals surface area contributed by atoms with Gasteiger partial charge in [0.2, 0.25) is 0 Å². The van der Waals surface area contributed by atoms with Gasteiger partial charge in [-0.15, -0.1) is 12.4 Å². The van der Waals surface area contributed by atoms with Crippen molar-refractivity contribution in [2.24, 2.45) is 0 Å². The Hall–Kier alpha value is 0.0800. The summed E-state index contributed by atoms with van der Waals surface area (Å²) in [4.78, 5) is 0. The molecule has 0 saturated carbocycles. The predicted octanol–water partition coefficient (Wildman–Crippen LogP) is -0.864. The number of morpholine rings is 1. The van der Waals surface area contributed by atoms with Gasteiger partial charge < -0.3 is 10.1 Å². The second-order valence-electron chi connectivity index (χ2n) is 3.44. The number of hydrogen-bond donors (Lipinski definition) is 1. The maximum atomic E-state index is 12.0. The van der Waals surface area contributed by atoms with Gasteiger partial charge in [-0.1, -0.05) is 0 Å². The number of nitrogens with one attached hydrogen (secondary N) is 1. The molecule has 1 saturated heterocycles. The van der Waals surface area contributed by atoms with Crippen molar-refractivity contribution in [1.82, 2.24) is 13.9 Å². The number of likely N-dealkylation sites (N-methyl/N-ethyl adjacent to an activating group) is 2. The van der Waals surface area contributed by atoms with Crippen LogP contribution in [0, 0.1) is 0 Å². The highest BCUT2D eigenvalue weighted by atomic mass is 35.5. The standard InChI is InChI=1S/C8H19N3O3S.ClH/c1-9-3-4-10(2)15(12,13)11-5-7-14-8-6-11;/h9H,3-8H2,1-2H3;1H. The molecule has 0 aromatic rings. The molecular weight excluding hydrogens is 254 g/mol. The summed E-state index contributed by atoms with van der Waals surface area (Å²) in [5.74, 6) is 0. The third kappa shape index (κ3) is 4.15. The molecule has 1 aliphatic heterocycles. The lowest BCUT2D eigenvalue weighted by atomic mass is 10.5. The fourth-order valence-electron chi connectivity index (χ4n) is 1.36. The van der Waals surface area contributed by atoms with Crippen molar-refractivity contribution in [3.63, 3.8) is 0 Å². The first-order chi connectivity index (χ1) is 7.09. The largest absolute Gasteiger partial charge is 0.379 e. The molecule has 0 bridgehead atoms. The van der Waals surface area contributed by atoms with Gasteiger partial charge in [0.1, 0.15) is 0 Å². The molecule has 6 nitrogen and oxygen atoms in total. The van der Waals surface area contributed by atoms with Crippen molar-refractivity contribution in [1.29, 1.82) is 0 Å². The Labute approximate surface area is 104 Å². The molecule has 1 N–H and O–H groups in total. The van der Waals surface area contributed by atoms with E-state index in [-0.39, 0.29) is 12.4 Å². The Morgan fingerprint density at radius 1 is 1.38 bits per heavy atom. The van der Waals surface area contributed by atoms with E-state index >= 15 is 0 Å². The SMILES string of the molecule is CNCCN(C)S(=O)(=O)N1CCOCC1.Cl. The Morgan fingerprint density at radius 3 is 2.44 bits per heavy atom. The number of nitrogens with zero attached hydrogens (tertiary/aromatic N) is 2. The maximum Gasteiger partial charge on any atom is 0.281 e. The summed E-state index contributed by atoms with van der Waals surface area (Å²) >= 11 is 0. The lowest BCUT2D eigenvalue weighted by molar-refractivity contribution is 0.0706. The molecule has 1 fully saturated rings. The lowest BCUT2D eigenvalue weighted by Crippen LogP contribution is -2.48. The lowest BCUT2D eigenvalue weighted by Gasteiger charge is -2.30. The molecule has 1 aliphatic rings. The van der Waals surface area contributed by atoms with Gasteiger partial charge in [-0.2, -0.15) is 17.0 Å². The first kappa shape index (κ1) is 16.1. The van der Waals surface area contributed by atoms with Gasteiger partial charge >= 0.3 is 0 Å². The Balaban J connectivity index is 0.00000225. The van der Waals surface area contributed by atoms with Crippen molar-refractivity contribution in [3.8, 4) is 0 Å². The molecule has 98 valence electrons. The van der Waals surface area contributed by atoms with Crippen LogP contribution in [0.5, 0.6) is 0 Å². The van der Waals surface area contributed by atoms with Crippen LogP contribution in [0.15, 0.2) is 0 Å². The highest BCUT2D eigenvalue weighted by Crippen LogP contribution is 2.08. The highest BCUT2D eigenvalue weighted by Gasteiger charge is 2.27. The molecule has 0 unspecified atom stereocenters. The average molecular weight is 274 g/mol. The van der Waals surface area contributed by atoms with Gasteiger partial charge in [-0.3, -0.25) is 0 Å². The third-order valence-electron chi connectivity index (χ3n) is 2.37. The van der Waals surface area contributed by atoms with Gasteiger partial charge in [0, 0.05) is 33.2 Å². The van der Waals surface area contributed by atoms with Gasteiger partial charge in [-0.25, -0.2) is 0 Å². The number of ether oxygens (including phenoxy) is 1. The zero-order valence-corrected chi connectivity index (χ0v) is 11.3. The summed E-state index contributed by atoms with van der Waals surface area (Å²) in [5.41, 5.74) is 0. The van der Waals surface area contributed by atoms with Gasteiger partial charge in [-0.05, 0) is 7.05 Å². The molecule has 0 aromatic heterocycles. The van der Waals surface area contributed by atoms with Crippen LogP contribution < -0.4 is 5.32 Å². The van der Waals surface area contributed by atoms with Gasteiger partial charge in [0.05, 0.1) is 13.2 Å². The topological polar surface area (TPSA) is 61.9 Å². The Kier molecular flexibility index (Phi) is 7.45. The summed E-state index contributed by atoms with van der Waals surface area (Å²) in [7, 11) is 0.113. The number of hydrogen-bond acceptors (Lipinski definition) is 4. The molecule has 8 heteroatoms. The van der Waals surface area contributed by atoms with E-state index in [9.17, 15) is 8.42 Å². The quantitative estimate of drug-likeness (QED) is 0.708. The first-order valence-corrected chi connectivity index (χ1v) is 6.42. The summed E-state index contributed by atoms with van der Waals surface area (Å²) in [6, 6.07) is 0. The monoisotopic (exact) mass is 273 g/mol. The predicted molar refractivity (Wildman–Crippen MR) is 65.1 cm³/mol. The summed E-state index contributed by atoms with van der Waals surface area (Å²) < 4.78 is 31.9. The molecular formula is C8H20ClN3O3S. The maximum absolute atomic E-state index is 12.0. The number of halogens is 1. The Bertz CT molecular complexity index is 280. The fraction of sp³-hybridized carbons (Fsp3) is 1.00. The zero-order valence-electron chi connectivity index (χ0n) is 9.68. The second kappa shape index (κ2) is 7.41. The van der Waals surface area contributed by atoms with Crippen molar-refractivity contribution in [2.45, 2.75) is 0 Å². The van der Waals surface area contributed by atoms with E-state index in [1.165, 1.54) is 8.61 Å². The molecule has 1 heterocycles. The van der Waals surface area contributed by atoms with Crippen molar-refractivity contribution < 1.29 is 13.2 Å². The van der Waals surface area contributed by atoms with E-state index in [1.807, 2.05) is 0 Å². The van der Waals surface area contributed by atoms with E-state index in [1.54, 1.807) is 14.1 Å². The van der Waals surface area contributed by atoms with Crippen LogP contribution >= 0.6 is 12.4 Å². The fourth-order valence-corrected chi connectivity index (χ4v) is 2.69. The summed E-state index contributed by atoms with van der Waals surface area (Å²) in [6.45, 7) is 3.01. The van der Waals surface area contributed by atoms with E-state index in [2.05, 4.69) is 5.32 Å². The van der Waals surface area contributed by atoms with Gasteiger partial charge in [0.15, 0.2) is 0 Å². The van der Waals surface area contributed by atoms with Crippen molar-refractivity contribution in [2.75, 3.05) is 53.5 Å². The van der Waals surface area contributed by atoms with Crippen LogP contribution in [0.1, 0.15) is 0 Å². The molecule has 0 aliphatic carbocycles. The smallest absolute Gasteiger partial charge is 0.281 e. The minimum Gasteiger partial charge on any atom is -0.379 e. The van der Waals surface area contributed by atoms with E-state index in [0.717, 1.165) is 0 Å². The molecule has 0 spiro atoms. The number of rotatable bonds is 5. The molecule has 1 rings (SSSR count). The first-order valence-electron chi connectivity index (χ1n) is 5.03. The van der Waals surface area contributed by atoms with Crippen molar-refractivity contribution in [3.05, 3.63) is 0 Å². The average Bonchev–Trinajstić information content (AvgIpc) is 2.27. The highest BCUT2D eigenvalue weighted by molar-refractivity contribution is 7.86. The van der Waals surface area contributed by atoms with E-state index < -0.39 is 10.2 Å². The molecule has 0 aromatic carbocycles. The molecule has 0 amide bonds. The Morgan fingerprint density at radius 2 is 1.94 bits per heavy atom. The minimum absolute atomic E-state index is 0. The summed E-state index contributed by atoms with van der Waals surface area (Å²) in [6.07, 6.45) is 0. The van der Waals surface area contributed by atoms with Crippen LogP contribution in [-0.4, -0.2) is 70.5 Å². The van der Waals surface area contributed by atoms with Crippen molar-refractivity contribution >= 4 is 22.6 Å². The molecule has 0 radical (unpaired) electrons. The summed E-state index contributed by atoms with van der Waals surface area (Å²) in [5, 5.41) is 2.92. The normalized spacial score (nSPS) is 18.4. The van der Waals surface area contributed by atoms with Crippen LogP contribution in [0.4, 0.5) is 0 Å². The molecule has 16 heavy (non-hydrogen) atoms. The van der Waals surface area contributed by atoms with Crippen LogP contribution in [0.3, 0.4) is 0 Å². The minimum atomic E-state index is -3.29. The molecule has 0 atom stereocenters. The third-order valence-corrected chi connectivity index (χ3v) is 4.35. The van der Waals surface area contributed by atoms with Crippen LogP contribution in [0.2, 0.25) is 0 Å². The van der Waals surface area contributed by atoms with E-state index in [4.69, 9.17) is 4.74 Å². The van der Waals surface area contributed by atoms with E-state index in [0.29, 0.717) is 39.4 Å². The van der Waals surface area contributed by atoms with Crippen LogP contribution in [-0.2, 0) is 14.9 Å². The van der Waals surface area contributed by atoms with Gasteiger partial charge in [0.25, 0.3) is 10.2 Å².